The summed E-state index contributed by atoms with van der Waals surface area (Å²) in [6, 6.07) is 4.73. The van der Waals surface area contributed by atoms with Crippen LogP contribution in [0.4, 0.5) is 4.39 Å². The number of carbonyl (C=O) groups is 1. The van der Waals surface area contributed by atoms with Gasteiger partial charge in [0.1, 0.15) is 5.82 Å². The zero-order valence-corrected chi connectivity index (χ0v) is 10.5. The Balaban J connectivity index is 2.58. The first-order valence-corrected chi connectivity index (χ1v) is 5.62. The van der Waals surface area contributed by atoms with Crippen LogP contribution in [0.1, 0.15) is 12.0 Å². The summed E-state index contributed by atoms with van der Waals surface area (Å²) in [6.45, 7) is 0.805. The molecule has 0 spiro atoms. The number of carboxylic acids is 1. The van der Waals surface area contributed by atoms with Crippen molar-refractivity contribution in [3.05, 3.63) is 34.1 Å². The standard InChI is InChI=1S/C11H13BrFNO2/c1-14(5-4-11(15)16)7-8-6-9(12)2-3-10(8)13/h2-3,6H,4-5,7H2,1H3,(H,15,16). The van der Waals surface area contributed by atoms with Crippen LogP contribution >= 0.6 is 15.9 Å². The predicted molar refractivity (Wildman–Crippen MR) is 62.7 cm³/mol. The van der Waals surface area contributed by atoms with E-state index in [4.69, 9.17) is 5.11 Å². The smallest absolute Gasteiger partial charge is 0.304 e. The number of benzene rings is 1. The fourth-order valence-corrected chi connectivity index (χ4v) is 1.73. The minimum absolute atomic E-state index is 0.0616. The SMILES string of the molecule is CN(CCC(=O)O)Cc1cc(Br)ccc1F. The lowest BCUT2D eigenvalue weighted by Gasteiger charge is -2.16. The molecule has 0 aromatic heterocycles. The Hall–Kier alpha value is -0.940. The van der Waals surface area contributed by atoms with Crippen LogP contribution in [0, 0.1) is 5.82 Å². The van der Waals surface area contributed by atoms with Crippen molar-refractivity contribution in [3.63, 3.8) is 0 Å². The number of carboxylic acid groups (broad SMARTS) is 1. The Kier molecular flexibility index (Phi) is 4.89. The number of hydrogen-bond donors (Lipinski definition) is 1. The van der Waals surface area contributed by atoms with Crippen molar-refractivity contribution >= 4 is 21.9 Å². The zero-order valence-electron chi connectivity index (χ0n) is 8.91. The zero-order chi connectivity index (χ0) is 12.1. The third-order valence-electron chi connectivity index (χ3n) is 2.16. The van der Waals surface area contributed by atoms with Gasteiger partial charge in [0.25, 0.3) is 0 Å². The van der Waals surface area contributed by atoms with Crippen molar-refractivity contribution in [1.29, 1.82) is 0 Å². The predicted octanol–water partition coefficient (Wildman–Crippen LogP) is 2.49. The third kappa shape index (κ3) is 4.28. The van der Waals surface area contributed by atoms with E-state index in [0.717, 1.165) is 4.47 Å². The topological polar surface area (TPSA) is 40.5 Å². The average molecular weight is 290 g/mol. The second-order valence-electron chi connectivity index (χ2n) is 3.62. The maximum absolute atomic E-state index is 13.4. The first-order chi connectivity index (χ1) is 7.49. The molecule has 1 rings (SSSR count). The summed E-state index contributed by atoms with van der Waals surface area (Å²) < 4.78 is 14.2. The van der Waals surface area contributed by atoms with Gasteiger partial charge in [-0.05, 0) is 25.2 Å². The van der Waals surface area contributed by atoms with Gasteiger partial charge in [0, 0.05) is 23.1 Å². The summed E-state index contributed by atoms with van der Waals surface area (Å²) in [7, 11) is 1.77. The van der Waals surface area contributed by atoms with Crippen LogP contribution in [0.5, 0.6) is 0 Å². The van der Waals surface area contributed by atoms with Crippen molar-refractivity contribution in [2.75, 3.05) is 13.6 Å². The minimum atomic E-state index is -0.846. The van der Waals surface area contributed by atoms with E-state index in [2.05, 4.69) is 15.9 Å². The molecule has 0 radical (unpaired) electrons. The molecule has 0 amide bonds. The van der Waals surface area contributed by atoms with Crippen molar-refractivity contribution in [2.24, 2.45) is 0 Å². The molecule has 16 heavy (non-hydrogen) atoms. The summed E-state index contributed by atoms with van der Waals surface area (Å²) >= 11 is 3.27. The molecule has 0 heterocycles. The monoisotopic (exact) mass is 289 g/mol. The molecule has 3 nitrogen and oxygen atoms in total. The maximum Gasteiger partial charge on any atom is 0.304 e. The Morgan fingerprint density at radius 1 is 1.56 bits per heavy atom. The van der Waals surface area contributed by atoms with E-state index < -0.39 is 5.97 Å². The molecular weight excluding hydrogens is 277 g/mol. The van der Waals surface area contributed by atoms with Gasteiger partial charge >= 0.3 is 5.97 Å². The molecule has 0 saturated heterocycles. The summed E-state index contributed by atoms with van der Waals surface area (Å²) in [5.41, 5.74) is 0.558. The van der Waals surface area contributed by atoms with E-state index in [1.165, 1.54) is 6.07 Å². The second kappa shape index (κ2) is 5.96. The number of hydrogen-bond acceptors (Lipinski definition) is 2. The second-order valence-corrected chi connectivity index (χ2v) is 4.53. The molecule has 0 bridgehead atoms. The molecular formula is C11H13BrFNO2. The van der Waals surface area contributed by atoms with E-state index in [9.17, 15) is 9.18 Å². The highest BCUT2D eigenvalue weighted by atomic mass is 79.9. The molecule has 88 valence electrons. The molecule has 1 N–H and O–H groups in total. The van der Waals surface area contributed by atoms with E-state index in [1.807, 2.05) is 0 Å². The molecule has 0 aliphatic heterocycles. The van der Waals surface area contributed by atoms with E-state index in [-0.39, 0.29) is 12.2 Å². The normalized spacial score (nSPS) is 10.8. The lowest BCUT2D eigenvalue weighted by molar-refractivity contribution is -0.137. The summed E-state index contributed by atoms with van der Waals surface area (Å²) in [4.78, 5) is 12.1. The molecule has 1 aromatic rings. The van der Waals surface area contributed by atoms with Gasteiger partial charge in [-0.15, -0.1) is 0 Å². The lowest BCUT2D eigenvalue weighted by atomic mass is 10.2. The van der Waals surface area contributed by atoms with Crippen molar-refractivity contribution in [3.8, 4) is 0 Å². The Morgan fingerprint density at radius 2 is 2.25 bits per heavy atom. The Labute approximate surface area is 102 Å². The number of rotatable bonds is 5. The van der Waals surface area contributed by atoms with Crippen molar-refractivity contribution in [2.45, 2.75) is 13.0 Å². The molecule has 0 saturated carbocycles. The molecule has 0 aliphatic rings. The fourth-order valence-electron chi connectivity index (χ4n) is 1.32. The van der Waals surface area contributed by atoms with Gasteiger partial charge < -0.3 is 10.0 Å². The highest BCUT2D eigenvalue weighted by molar-refractivity contribution is 9.10. The number of aliphatic carboxylic acids is 1. The van der Waals surface area contributed by atoms with Crippen LogP contribution in [-0.2, 0) is 11.3 Å². The molecule has 0 fully saturated rings. The van der Waals surface area contributed by atoms with Crippen molar-refractivity contribution in [1.82, 2.24) is 4.90 Å². The average Bonchev–Trinajstić information content (AvgIpc) is 2.20. The van der Waals surface area contributed by atoms with Crippen LogP contribution in [0.15, 0.2) is 22.7 Å². The van der Waals surface area contributed by atoms with Crippen LogP contribution in [0.25, 0.3) is 0 Å². The Morgan fingerprint density at radius 3 is 2.88 bits per heavy atom. The van der Waals surface area contributed by atoms with E-state index in [0.29, 0.717) is 18.7 Å². The first-order valence-electron chi connectivity index (χ1n) is 4.83. The lowest BCUT2D eigenvalue weighted by Crippen LogP contribution is -2.21. The maximum atomic E-state index is 13.4. The van der Waals surface area contributed by atoms with E-state index in [1.54, 1.807) is 24.1 Å². The first kappa shape index (κ1) is 13.1. The summed E-state index contributed by atoms with van der Waals surface area (Å²) in [6.07, 6.45) is 0.0616. The van der Waals surface area contributed by atoms with Gasteiger partial charge in [-0.25, -0.2) is 4.39 Å². The molecule has 1 aromatic carbocycles. The molecule has 5 heteroatoms. The van der Waals surface area contributed by atoms with Gasteiger partial charge in [-0.3, -0.25) is 4.79 Å². The summed E-state index contributed by atoms with van der Waals surface area (Å²) in [5.74, 6) is -1.12. The van der Waals surface area contributed by atoms with E-state index >= 15 is 0 Å². The highest BCUT2D eigenvalue weighted by Gasteiger charge is 2.07. The Bertz CT molecular complexity index is 384. The summed E-state index contributed by atoms with van der Waals surface area (Å²) in [5, 5.41) is 8.52. The van der Waals surface area contributed by atoms with Gasteiger partial charge in [-0.1, -0.05) is 15.9 Å². The van der Waals surface area contributed by atoms with Crippen LogP contribution in [0.2, 0.25) is 0 Å². The molecule has 0 unspecified atom stereocenters. The molecule has 0 aliphatic carbocycles. The largest absolute Gasteiger partial charge is 0.481 e. The minimum Gasteiger partial charge on any atom is -0.481 e. The van der Waals surface area contributed by atoms with Gasteiger partial charge in [0.15, 0.2) is 0 Å². The van der Waals surface area contributed by atoms with Crippen LogP contribution < -0.4 is 0 Å². The fraction of sp³-hybridized carbons (Fsp3) is 0.364. The quantitative estimate of drug-likeness (QED) is 0.905. The number of nitrogens with zero attached hydrogens (tertiary/aromatic N) is 1. The highest BCUT2D eigenvalue weighted by Crippen LogP contribution is 2.16. The van der Waals surface area contributed by atoms with Crippen molar-refractivity contribution < 1.29 is 14.3 Å². The number of halogens is 2. The van der Waals surface area contributed by atoms with Gasteiger partial charge in [0.05, 0.1) is 6.42 Å². The van der Waals surface area contributed by atoms with Crippen LogP contribution in [-0.4, -0.2) is 29.6 Å². The third-order valence-corrected chi connectivity index (χ3v) is 2.65. The molecule has 0 atom stereocenters. The van der Waals surface area contributed by atoms with Gasteiger partial charge in [0.2, 0.25) is 0 Å². The van der Waals surface area contributed by atoms with Crippen LogP contribution in [0.3, 0.4) is 0 Å². The van der Waals surface area contributed by atoms with Gasteiger partial charge in [-0.2, -0.15) is 0 Å².